The summed E-state index contributed by atoms with van der Waals surface area (Å²) in [6.45, 7) is 13.8. The molecule has 0 heterocycles. The highest BCUT2D eigenvalue weighted by Gasteiger charge is 2.40. The largest absolute Gasteiger partial charge is 0.500 e. The van der Waals surface area contributed by atoms with E-state index in [4.69, 9.17) is 18.0 Å². The van der Waals surface area contributed by atoms with E-state index in [1.807, 2.05) is 0 Å². The molecule has 0 aromatic heterocycles. The summed E-state index contributed by atoms with van der Waals surface area (Å²) in [6, 6.07) is 0.762. The van der Waals surface area contributed by atoms with Crippen LogP contribution in [-0.2, 0) is 22.8 Å². The lowest BCUT2D eigenvalue weighted by molar-refractivity contribution is -0.139. The first kappa shape index (κ1) is 22.3. The molecule has 6 heteroatoms. The summed E-state index contributed by atoms with van der Waals surface area (Å²) < 4.78 is 23.2. The molecule has 0 saturated carbocycles. The van der Waals surface area contributed by atoms with Crippen LogP contribution in [0.25, 0.3) is 0 Å². The second kappa shape index (κ2) is 13.7. The number of carbonyl (C=O) groups excluding carboxylic acids is 1. The van der Waals surface area contributed by atoms with Gasteiger partial charge in [0.25, 0.3) is 0 Å². The lowest BCUT2D eigenvalue weighted by Crippen LogP contribution is -2.46. The first-order valence-corrected chi connectivity index (χ1v) is 10.7. The molecule has 0 fully saturated rings. The van der Waals surface area contributed by atoms with Gasteiger partial charge in [0, 0.05) is 31.4 Å². The zero-order valence-corrected chi connectivity index (χ0v) is 16.3. The summed E-state index contributed by atoms with van der Waals surface area (Å²) in [4.78, 5) is 11.3. The van der Waals surface area contributed by atoms with Gasteiger partial charge in [0.05, 0.1) is 6.61 Å². The Morgan fingerprint density at radius 2 is 1.35 bits per heavy atom. The van der Waals surface area contributed by atoms with Crippen molar-refractivity contribution in [1.82, 2.24) is 0 Å². The number of esters is 1. The van der Waals surface area contributed by atoms with Crippen molar-refractivity contribution in [2.24, 2.45) is 0 Å². The average Bonchev–Trinajstić information content (AvgIpc) is 2.55. The number of carbonyl (C=O) groups is 1. The Kier molecular flexibility index (Phi) is 13.3. The van der Waals surface area contributed by atoms with Gasteiger partial charge in [0.2, 0.25) is 0 Å². The van der Waals surface area contributed by atoms with Gasteiger partial charge in [-0.3, -0.25) is 0 Å². The summed E-state index contributed by atoms with van der Waals surface area (Å²) in [5.74, 6) is -0.333. The molecule has 0 unspecified atom stereocenters. The fourth-order valence-electron chi connectivity index (χ4n) is 1.85. The van der Waals surface area contributed by atoms with Gasteiger partial charge in [-0.25, -0.2) is 4.79 Å². The Hall–Kier alpha value is -0.693. The predicted molar refractivity (Wildman–Crippen MR) is 94.3 cm³/mol. The van der Waals surface area contributed by atoms with E-state index in [0.717, 1.165) is 38.1 Å². The minimum Gasteiger partial charge on any atom is -0.462 e. The van der Waals surface area contributed by atoms with E-state index in [0.29, 0.717) is 32.0 Å². The second-order valence-electron chi connectivity index (χ2n) is 5.60. The van der Waals surface area contributed by atoms with Crippen LogP contribution < -0.4 is 0 Å². The van der Waals surface area contributed by atoms with Crippen molar-refractivity contribution in [3.8, 4) is 0 Å². The van der Waals surface area contributed by atoms with Gasteiger partial charge in [-0.05, 0) is 39.0 Å². The molecule has 0 aromatic carbocycles. The molecular weight excluding hydrogens is 312 g/mol. The van der Waals surface area contributed by atoms with Crippen molar-refractivity contribution in [3.05, 3.63) is 12.2 Å². The van der Waals surface area contributed by atoms with E-state index in [9.17, 15) is 4.79 Å². The van der Waals surface area contributed by atoms with E-state index in [-0.39, 0.29) is 5.97 Å². The van der Waals surface area contributed by atoms with E-state index in [1.165, 1.54) is 0 Å². The lowest BCUT2D eigenvalue weighted by atomic mass is 10.3. The lowest BCUT2D eigenvalue weighted by Gasteiger charge is -2.29. The Morgan fingerprint density at radius 1 is 0.870 bits per heavy atom. The molecule has 0 amide bonds. The topological polar surface area (TPSA) is 54.0 Å². The maximum absolute atomic E-state index is 11.3. The Labute approximate surface area is 142 Å². The molecule has 0 aromatic rings. The third-order valence-electron chi connectivity index (χ3n) is 3.04. The Morgan fingerprint density at radius 3 is 1.74 bits per heavy atom. The molecule has 0 aliphatic heterocycles. The zero-order valence-electron chi connectivity index (χ0n) is 15.3. The van der Waals surface area contributed by atoms with Crippen LogP contribution in [0, 0.1) is 0 Å². The molecule has 0 rings (SSSR count). The van der Waals surface area contributed by atoms with E-state index in [1.54, 1.807) is 6.92 Å². The summed E-state index contributed by atoms with van der Waals surface area (Å²) in [6.07, 6.45) is 4.45. The molecule has 23 heavy (non-hydrogen) atoms. The molecule has 5 nitrogen and oxygen atoms in total. The number of rotatable bonds is 15. The van der Waals surface area contributed by atoms with E-state index >= 15 is 0 Å². The van der Waals surface area contributed by atoms with Crippen LogP contribution >= 0.6 is 0 Å². The minimum absolute atomic E-state index is 0.333. The number of ether oxygens (including phenoxy) is 1. The minimum atomic E-state index is -2.62. The predicted octanol–water partition coefficient (Wildman–Crippen LogP) is 4.10. The first-order valence-electron chi connectivity index (χ1n) is 8.75. The van der Waals surface area contributed by atoms with E-state index < -0.39 is 8.80 Å². The third kappa shape index (κ3) is 10.7. The molecule has 0 spiro atoms. The van der Waals surface area contributed by atoms with Crippen LogP contribution in [0.5, 0.6) is 0 Å². The molecule has 0 N–H and O–H groups in total. The van der Waals surface area contributed by atoms with Gasteiger partial charge in [-0.2, -0.15) is 0 Å². The standard InChI is InChI=1S/C17H34O5Si/c1-6-11-20-23(21-12-7-2,22-13-8-3)15-10-9-14-19-17(18)16(4)5/h4,6-15H2,1-3,5H3. The SMILES string of the molecule is C=C(C)C(=O)OCCCC[Si](OCCC)(OCCC)OCCC. The molecule has 0 radical (unpaired) electrons. The second-order valence-corrected chi connectivity index (χ2v) is 8.33. The highest BCUT2D eigenvalue weighted by Crippen LogP contribution is 2.20. The average molecular weight is 347 g/mol. The van der Waals surface area contributed by atoms with Crippen LogP contribution in [0.2, 0.25) is 6.04 Å². The van der Waals surface area contributed by atoms with E-state index in [2.05, 4.69) is 27.4 Å². The normalized spacial score (nSPS) is 11.5. The van der Waals surface area contributed by atoms with Gasteiger partial charge < -0.3 is 18.0 Å². The summed E-state index contributed by atoms with van der Waals surface area (Å²) in [7, 11) is -2.62. The summed E-state index contributed by atoms with van der Waals surface area (Å²) in [5.41, 5.74) is 0.428. The molecule has 136 valence electrons. The number of unbranched alkanes of at least 4 members (excludes halogenated alkanes) is 1. The maximum Gasteiger partial charge on any atom is 0.500 e. The molecule has 0 aliphatic rings. The van der Waals surface area contributed by atoms with Crippen LogP contribution in [0.15, 0.2) is 12.2 Å². The van der Waals surface area contributed by atoms with Gasteiger partial charge in [-0.1, -0.05) is 27.4 Å². The zero-order chi connectivity index (χ0) is 17.6. The highest BCUT2D eigenvalue weighted by molar-refractivity contribution is 6.60. The maximum atomic E-state index is 11.3. The Bertz CT molecular complexity index is 311. The molecule has 0 aliphatic carbocycles. The van der Waals surface area contributed by atoms with Crippen molar-refractivity contribution in [3.63, 3.8) is 0 Å². The van der Waals surface area contributed by atoms with Crippen LogP contribution in [-0.4, -0.2) is 41.2 Å². The smallest absolute Gasteiger partial charge is 0.462 e. The Balaban J connectivity index is 4.40. The van der Waals surface area contributed by atoms with Crippen molar-refractivity contribution in [2.75, 3.05) is 26.4 Å². The first-order chi connectivity index (χ1) is 11.0. The van der Waals surface area contributed by atoms with Gasteiger partial charge >= 0.3 is 14.8 Å². The quantitative estimate of drug-likeness (QED) is 0.193. The van der Waals surface area contributed by atoms with Gasteiger partial charge in [0.1, 0.15) is 0 Å². The van der Waals surface area contributed by atoms with Crippen molar-refractivity contribution >= 4 is 14.8 Å². The number of hydrogen-bond donors (Lipinski definition) is 0. The number of hydrogen-bond acceptors (Lipinski definition) is 5. The fraction of sp³-hybridized carbons (Fsp3) is 0.824. The monoisotopic (exact) mass is 346 g/mol. The van der Waals surface area contributed by atoms with Crippen LogP contribution in [0.4, 0.5) is 0 Å². The summed E-state index contributed by atoms with van der Waals surface area (Å²) >= 11 is 0. The van der Waals surface area contributed by atoms with Crippen LogP contribution in [0.1, 0.15) is 59.8 Å². The third-order valence-corrected chi connectivity index (χ3v) is 5.93. The summed E-state index contributed by atoms with van der Waals surface area (Å²) in [5, 5.41) is 0. The molecule has 0 atom stereocenters. The van der Waals surface area contributed by atoms with Crippen molar-refractivity contribution in [2.45, 2.75) is 65.8 Å². The van der Waals surface area contributed by atoms with Gasteiger partial charge in [0.15, 0.2) is 0 Å². The highest BCUT2D eigenvalue weighted by atomic mass is 28.4. The van der Waals surface area contributed by atoms with Crippen molar-refractivity contribution < 1.29 is 22.8 Å². The molecule has 0 saturated heterocycles. The fourth-order valence-corrected chi connectivity index (χ4v) is 4.76. The molecular formula is C17H34O5Si. The van der Waals surface area contributed by atoms with Crippen molar-refractivity contribution in [1.29, 1.82) is 0 Å². The van der Waals surface area contributed by atoms with Gasteiger partial charge in [-0.15, -0.1) is 0 Å². The van der Waals surface area contributed by atoms with Crippen LogP contribution in [0.3, 0.4) is 0 Å². The molecule has 0 bridgehead atoms.